The van der Waals surface area contributed by atoms with Gasteiger partial charge < -0.3 is 0 Å². The molecule has 0 saturated heterocycles. The summed E-state index contributed by atoms with van der Waals surface area (Å²) >= 11 is 0. The molecule has 0 amide bonds. The molecule has 11 heavy (non-hydrogen) atoms. The minimum absolute atomic E-state index is 0.874. The van der Waals surface area contributed by atoms with Gasteiger partial charge in [0.1, 0.15) is 0 Å². The van der Waals surface area contributed by atoms with Crippen LogP contribution in [0.25, 0.3) is 0 Å². The number of rotatable bonds is 0. The molecule has 1 saturated carbocycles. The molecule has 2 aliphatic carbocycles. The summed E-state index contributed by atoms with van der Waals surface area (Å²) in [6.45, 7) is 2.36. The van der Waals surface area contributed by atoms with Gasteiger partial charge in [-0.25, -0.2) is 0 Å². The van der Waals surface area contributed by atoms with Crippen LogP contribution >= 0.6 is 0 Å². The first-order valence-electron chi connectivity index (χ1n) is 5.07. The Kier molecular flexibility index (Phi) is 2.02. The van der Waals surface area contributed by atoms with Crippen molar-refractivity contribution in [1.82, 2.24) is 0 Å². The molecule has 0 aromatic heterocycles. The maximum absolute atomic E-state index is 2.55. The summed E-state index contributed by atoms with van der Waals surface area (Å²) in [5, 5.41) is 0. The first-order valence-corrected chi connectivity index (χ1v) is 5.07. The molecule has 0 aromatic rings. The predicted molar refractivity (Wildman–Crippen MR) is 48.4 cm³/mol. The Morgan fingerprint density at radius 1 is 1.18 bits per heavy atom. The van der Waals surface area contributed by atoms with Crippen LogP contribution in [-0.2, 0) is 0 Å². The molecule has 0 unspecified atom stereocenters. The number of hydrogen-bond acceptors (Lipinski definition) is 0. The highest BCUT2D eigenvalue weighted by atomic mass is 14.3. The van der Waals surface area contributed by atoms with Crippen LogP contribution in [0.2, 0.25) is 0 Å². The van der Waals surface area contributed by atoms with Crippen molar-refractivity contribution in [2.24, 2.45) is 11.8 Å². The van der Waals surface area contributed by atoms with Crippen LogP contribution in [0.15, 0.2) is 11.6 Å². The minimum Gasteiger partial charge on any atom is -0.0822 e. The second-order valence-corrected chi connectivity index (χ2v) is 4.24. The zero-order valence-corrected chi connectivity index (χ0v) is 7.47. The lowest BCUT2D eigenvalue weighted by molar-refractivity contribution is 0.372. The third-order valence-electron chi connectivity index (χ3n) is 3.26. The van der Waals surface area contributed by atoms with Gasteiger partial charge in [-0.1, -0.05) is 25.0 Å². The van der Waals surface area contributed by atoms with E-state index in [2.05, 4.69) is 13.0 Å². The van der Waals surface area contributed by atoms with Crippen LogP contribution in [0, 0.1) is 11.8 Å². The van der Waals surface area contributed by atoms with E-state index in [1.165, 1.54) is 38.5 Å². The highest BCUT2D eigenvalue weighted by Crippen LogP contribution is 2.37. The smallest absolute Gasteiger partial charge is 0.0203 e. The third kappa shape index (κ3) is 1.50. The molecule has 0 bridgehead atoms. The van der Waals surface area contributed by atoms with Gasteiger partial charge in [-0.3, -0.25) is 0 Å². The van der Waals surface area contributed by atoms with Crippen molar-refractivity contribution >= 4 is 0 Å². The third-order valence-corrected chi connectivity index (χ3v) is 3.26. The predicted octanol–water partition coefficient (Wildman–Crippen LogP) is 3.53. The molecule has 0 aromatic carbocycles. The maximum Gasteiger partial charge on any atom is -0.0203 e. The number of fused-ring (bicyclic) bond motifs is 1. The van der Waals surface area contributed by atoms with Crippen molar-refractivity contribution in [2.45, 2.75) is 45.4 Å². The highest BCUT2D eigenvalue weighted by molar-refractivity contribution is 5.13. The molecule has 0 nitrogen and oxygen atoms in total. The van der Waals surface area contributed by atoms with Gasteiger partial charge in [0.2, 0.25) is 0 Å². The van der Waals surface area contributed by atoms with Gasteiger partial charge in [-0.15, -0.1) is 0 Å². The van der Waals surface area contributed by atoms with Crippen molar-refractivity contribution in [3.63, 3.8) is 0 Å². The lowest BCUT2D eigenvalue weighted by Crippen LogP contribution is -2.16. The van der Waals surface area contributed by atoms with Crippen molar-refractivity contribution in [1.29, 1.82) is 0 Å². The molecule has 2 aliphatic rings. The Morgan fingerprint density at radius 3 is 3.00 bits per heavy atom. The van der Waals surface area contributed by atoms with Crippen LogP contribution in [-0.4, -0.2) is 0 Å². The monoisotopic (exact) mass is 150 g/mol. The summed E-state index contributed by atoms with van der Waals surface area (Å²) in [5.74, 6) is 1.87. The van der Waals surface area contributed by atoms with Crippen molar-refractivity contribution in [3.05, 3.63) is 11.6 Å². The largest absolute Gasteiger partial charge is 0.0822 e. The molecular formula is C11H18. The van der Waals surface area contributed by atoms with E-state index in [0.717, 1.165) is 11.8 Å². The fourth-order valence-electron chi connectivity index (χ4n) is 2.57. The van der Waals surface area contributed by atoms with Crippen molar-refractivity contribution in [2.75, 3.05) is 0 Å². The first kappa shape index (κ1) is 7.39. The first-order chi connectivity index (χ1) is 5.36. The van der Waals surface area contributed by atoms with Crippen molar-refractivity contribution < 1.29 is 0 Å². The molecular weight excluding hydrogens is 132 g/mol. The van der Waals surface area contributed by atoms with Crippen LogP contribution < -0.4 is 0 Å². The second kappa shape index (κ2) is 3.00. The highest BCUT2D eigenvalue weighted by Gasteiger charge is 2.22. The molecule has 2 rings (SSSR count). The fourth-order valence-corrected chi connectivity index (χ4v) is 2.57. The molecule has 0 heterocycles. The van der Waals surface area contributed by atoms with E-state index in [1.807, 2.05) is 0 Å². The molecule has 1 fully saturated rings. The molecule has 0 N–H and O–H groups in total. The lowest BCUT2D eigenvalue weighted by Gasteiger charge is -2.31. The molecule has 0 heteroatoms. The van der Waals surface area contributed by atoms with Gasteiger partial charge in [-0.05, 0) is 43.9 Å². The SMILES string of the molecule is C[C@@H]1C=C2CCCC[C@H]2CC1. The van der Waals surface area contributed by atoms with E-state index >= 15 is 0 Å². The summed E-state index contributed by atoms with van der Waals surface area (Å²) in [4.78, 5) is 0. The molecule has 0 spiro atoms. The normalized spacial score (nSPS) is 37.7. The van der Waals surface area contributed by atoms with Gasteiger partial charge >= 0.3 is 0 Å². The zero-order valence-electron chi connectivity index (χ0n) is 7.47. The van der Waals surface area contributed by atoms with E-state index in [9.17, 15) is 0 Å². The topological polar surface area (TPSA) is 0 Å². The summed E-state index contributed by atoms with van der Waals surface area (Å²) in [6, 6.07) is 0. The lowest BCUT2D eigenvalue weighted by atomic mass is 9.75. The van der Waals surface area contributed by atoms with Gasteiger partial charge in [0.25, 0.3) is 0 Å². The molecule has 62 valence electrons. The summed E-state index contributed by atoms with van der Waals surface area (Å²) in [5.41, 5.74) is 1.80. The second-order valence-electron chi connectivity index (χ2n) is 4.24. The molecule has 0 aliphatic heterocycles. The Balaban J connectivity index is 2.10. The number of hydrogen-bond donors (Lipinski definition) is 0. The van der Waals surface area contributed by atoms with E-state index in [1.54, 1.807) is 5.57 Å². The van der Waals surface area contributed by atoms with Crippen LogP contribution in [0.1, 0.15) is 45.4 Å². The molecule has 0 radical (unpaired) electrons. The fraction of sp³-hybridized carbons (Fsp3) is 0.818. The van der Waals surface area contributed by atoms with E-state index < -0.39 is 0 Å². The number of allylic oxidation sites excluding steroid dienone is 2. The maximum atomic E-state index is 2.55. The standard InChI is InChI=1S/C11H18/c1-9-6-7-10-4-2-3-5-11(10)8-9/h8-10H,2-7H2,1H3/t9-,10-/m0/s1. The Bertz CT molecular complexity index is 167. The average molecular weight is 150 g/mol. The van der Waals surface area contributed by atoms with Gasteiger partial charge in [0, 0.05) is 0 Å². The van der Waals surface area contributed by atoms with Gasteiger partial charge in [0.05, 0.1) is 0 Å². The quantitative estimate of drug-likeness (QED) is 0.463. The van der Waals surface area contributed by atoms with Crippen molar-refractivity contribution in [3.8, 4) is 0 Å². The summed E-state index contributed by atoms with van der Waals surface area (Å²) in [6.07, 6.45) is 11.3. The summed E-state index contributed by atoms with van der Waals surface area (Å²) in [7, 11) is 0. The van der Waals surface area contributed by atoms with Gasteiger partial charge in [-0.2, -0.15) is 0 Å². The average Bonchev–Trinajstić information content (AvgIpc) is 2.04. The van der Waals surface area contributed by atoms with Crippen LogP contribution in [0.3, 0.4) is 0 Å². The van der Waals surface area contributed by atoms with Crippen LogP contribution in [0.5, 0.6) is 0 Å². The Morgan fingerprint density at radius 2 is 2.09 bits per heavy atom. The van der Waals surface area contributed by atoms with E-state index in [-0.39, 0.29) is 0 Å². The van der Waals surface area contributed by atoms with Gasteiger partial charge in [0.15, 0.2) is 0 Å². The summed E-state index contributed by atoms with van der Waals surface area (Å²) < 4.78 is 0. The zero-order chi connectivity index (χ0) is 7.68. The van der Waals surface area contributed by atoms with Crippen LogP contribution in [0.4, 0.5) is 0 Å². The Labute approximate surface area is 69.7 Å². The van der Waals surface area contributed by atoms with E-state index in [4.69, 9.17) is 0 Å². The van der Waals surface area contributed by atoms with E-state index in [0.29, 0.717) is 0 Å². The molecule has 2 atom stereocenters. The Hall–Kier alpha value is -0.260. The minimum atomic E-state index is 0.874.